The van der Waals surface area contributed by atoms with Gasteiger partial charge in [-0.25, -0.2) is 0 Å². The number of furan rings is 1. The third kappa shape index (κ3) is 5.64. The first kappa shape index (κ1) is 35.9. The van der Waals surface area contributed by atoms with Crippen LogP contribution in [0.1, 0.15) is 25.0 Å². The summed E-state index contributed by atoms with van der Waals surface area (Å²) in [5.41, 5.74) is 15.0. The molecular formula is C58H41N3O. The lowest BCUT2D eigenvalue weighted by atomic mass is 9.80. The number of pyridine rings is 1. The quantitative estimate of drug-likeness (QED) is 0.161. The fourth-order valence-corrected chi connectivity index (χ4v) is 9.85. The molecule has 0 N–H and O–H groups in total. The van der Waals surface area contributed by atoms with E-state index in [4.69, 9.17) is 9.40 Å². The Morgan fingerprint density at radius 1 is 0.419 bits per heavy atom. The number of para-hydroxylation sites is 4. The number of benzene rings is 9. The Morgan fingerprint density at radius 3 is 1.82 bits per heavy atom. The van der Waals surface area contributed by atoms with Crippen molar-refractivity contribution in [3.63, 3.8) is 0 Å². The van der Waals surface area contributed by atoms with Gasteiger partial charge in [0, 0.05) is 44.5 Å². The van der Waals surface area contributed by atoms with Crippen LogP contribution in [0.2, 0.25) is 0 Å². The van der Waals surface area contributed by atoms with E-state index in [0.717, 1.165) is 67.3 Å². The number of hydrogen-bond acceptors (Lipinski definition) is 4. The average molecular weight is 796 g/mol. The topological polar surface area (TPSA) is 32.5 Å². The number of nitrogens with zero attached hydrogens (tertiary/aromatic N) is 3. The Morgan fingerprint density at radius 2 is 1.05 bits per heavy atom. The van der Waals surface area contributed by atoms with E-state index in [1.807, 2.05) is 18.3 Å². The molecule has 0 atom stereocenters. The number of aromatic nitrogens is 1. The maximum absolute atomic E-state index is 6.55. The van der Waals surface area contributed by atoms with Gasteiger partial charge >= 0.3 is 0 Å². The fourth-order valence-electron chi connectivity index (χ4n) is 9.85. The van der Waals surface area contributed by atoms with Crippen LogP contribution < -0.4 is 9.80 Å². The summed E-state index contributed by atoms with van der Waals surface area (Å²) in [6.07, 6.45) is 2.00. The summed E-state index contributed by atoms with van der Waals surface area (Å²) in [4.78, 5) is 9.89. The summed E-state index contributed by atoms with van der Waals surface area (Å²) < 4.78 is 6.55. The standard InChI is InChI=1S/C58H41N3O/c1-58(2)51-35-43(60(40-18-5-3-6-19-40)42-29-28-38-16-9-10-17-39(38)34-42)30-32-49(51)56-47-24-12-11-22-45(47)50(36-52(56)58)53-33-31-44(37-59-53)61(41-20-7-4-8-21-41)54-26-15-25-48-46-23-13-14-27-55(46)62-57(48)54/h3-37H,1-2H3. The molecule has 1 aliphatic rings. The monoisotopic (exact) mass is 795 g/mol. The predicted molar refractivity (Wildman–Crippen MR) is 259 cm³/mol. The minimum Gasteiger partial charge on any atom is -0.454 e. The second kappa shape index (κ2) is 14.1. The molecule has 4 nitrogen and oxygen atoms in total. The van der Waals surface area contributed by atoms with Gasteiger partial charge in [0.2, 0.25) is 0 Å². The van der Waals surface area contributed by atoms with Crippen LogP contribution in [0.25, 0.3) is 65.9 Å². The Balaban J connectivity index is 0.972. The van der Waals surface area contributed by atoms with E-state index in [-0.39, 0.29) is 5.41 Å². The van der Waals surface area contributed by atoms with Crippen LogP contribution in [0.5, 0.6) is 0 Å². The van der Waals surface area contributed by atoms with E-state index in [0.29, 0.717) is 0 Å². The molecule has 294 valence electrons. The van der Waals surface area contributed by atoms with Gasteiger partial charge in [-0.15, -0.1) is 0 Å². The van der Waals surface area contributed by atoms with E-state index < -0.39 is 0 Å². The first-order chi connectivity index (χ1) is 30.5. The minimum atomic E-state index is -0.277. The molecule has 4 heteroatoms. The number of rotatable bonds is 7. The zero-order valence-corrected chi connectivity index (χ0v) is 34.5. The second-order valence-electron chi connectivity index (χ2n) is 16.8. The van der Waals surface area contributed by atoms with Crippen molar-refractivity contribution in [2.45, 2.75) is 19.3 Å². The van der Waals surface area contributed by atoms with Gasteiger partial charge in [0.1, 0.15) is 5.58 Å². The average Bonchev–Trinajstić information content (AvgIpc) is 3.82. The lowest BCUT2D eigenvalue weighted by molar-refractivity contribution is 0.661. The van der Waals surface area contributed by atoms with Crippen LogP contribution in [-0.4, -0.2) is 4.98 Å². The van der Waals surface area contributed by atoms with Gasteiger partial charge in [0.15, 0.2) is 5.58 Å². The largest absolute Gasteiger partial charge is 0.454 e. The maximum atomic E-state index is 6.55. The molecule has 0 radical (unpaired) electrons. The molecule has 0 fully saturated rings. The Kier molecular flexibility index (Phi) is 8.16. The van der Waals surface area contributed by atoms with Crippen molar-refractivity contribution in [2.24, 2.45) is 0 Å². The Bertz CT molecular complexity index is 3500. The van der Waals surface area contributed by atoms with Gasteiger partial charge in [-0.2, -0.15) is 0 Å². The van der Waals surface area contributed by atoms with Gasteiger partial charge in [-0.3, -0.25) is 4.98 Å². The zero-order chi connectivity index (χ0) is 41.4. The molecule has 0 saturated heterocycles. The van der Waals surface area contributed by atoms with Crippen molar-refractivity contribution in [1.29, 1.82) is 0 Å². The molecule has 2 aromatic heterocycles. The van der Waals surface area contributed by atoms with E-state index in [9.17, 15) is 0 Å². The van der Waals surface area contributed by atoms with Gasteiger partial charge in [-0.1, -0.05) is 141 Å². The van der Waals surface area contributed by atoms with E-state index in [1.165, 1.54) is 43.8 Å². The molecule has 0 unspecified atom stereocenters. The predicted octanol–water partition coefficient (Wildman–Crippen LogP) is 16.2. The fraction of sp³-hybridized carbons (Fsp3) is 0.0517. The molecule has 0 spiro atoms. The number of fused-ring (bicyclic) bond motifs is 9. The number of anilines is 6. The summed E-state index contributed by atoms with van der Waals surface area (Å²) in [6, 6.07) is 73.8. The lowest BCUT2D eigenvalue weighted by Crippen LogP contribution is -2.17. The molecular weight excluding hydrogens is 755 g/mol. The van der Waals surface area contributed by atoms with E-state index in [1.54, 1.807) is 0 Å². The first-order valence-electron chi connectivity index (χ1n) is 21.3. The number of hydrogen-bond donors (Lipinski definition) is 0. The molecule has 2 heterocycles. The van der Waals surface area contributed by atoms with Crippen LogP contribution in [-0.2, 0) is 5.41 Å². The Hall–Kier alpha value is -7.95. The van der Waals surface area contributed by atoms with E-state index >= 15 is 0 Å². The van der Waals surface area contributed by atoms with Crippen LogP contribution in [0.3, 0.4) is 0 Å². The Labute approximate surface area is 360 Å². The van der Waals surface area contributed by atoms with Crippen molar-refractivity contribution in [1.82, 2.24) is 4.98 Å². The lowest BCUT2D eigenvalue weighted by Gasteiger charge is -2.28. The van der Waals surface area contributed by atoms with Crippen molar-refractivity contribution < 1.29 is 4.42 Å². The molecule has 12 rings (SSSR count). The SMILES string of the molecule is CC1(C)c2cc(N(c3ccccc3)c3ccc4ccccc4c3)ccc2-c2c1cc(-c1ccc(N(c3ccccc3)c3cccc4c3oc3ccccc34)cn1)c1ccccc21. The molecule has 9 aromatic carbocycles. The molecule has 0 bridgehead atoms. The van der Waals surface area contributed by atoms with Gasteiger partial charge in [0.05, 0.1) is 23.3 Å². The molecule has 62 heavy (non-hydrogen) atoms. The molecule has 11 aromatic rings. The van der Waals surface area contributed by atoms with Crippen LogP contribution in [0.15, 0.2) is 217 Å². The van der Waals surface area contributed by atoms with Crippen LogP contribution in [0.4, 0.5) is 34.1 Å². The van der Waals surface area contributed by atoms with Crippen LogP contribution in [0, 0.1) is 0 Å². The summed E-state index contributed by atoms with van der Waals surface area (Å²) in [6.45, 7) is 4.74. The van der Waals surface area contributed by atoms with Crippen molar-refractivity contribution in [3.05, 3.63) is 224 Å². The summed E-state index contributed by atoms with van der Waals surface area (Å²) in [5, 5.41) is 7.07. The maximum Gasteiger partial charge on any atom is 0.159 e. The highest BCUT2D eigenvalue weighted by Gasteiger charge is 2.38. The van der Waals surface area contributed by atoms with E-state index in [2.05, 4.69) is 218 Å². The van der Waals surface area contributed by atoms with Gasteiger partial charge < -0.3 is 14.2 Å². The third-order valence-electron chi connectivity index (χ3n) is 12.8. The van der Waals surface area contributed by atoms with Gasteiger partial charge in [-0.05, 0) is 123 Å². The molecule has 0 amide bonds. The van der Waals surface area contributed by atoms with Crippen molar-refractivity contribution >= 4 is 77.6 Å². The molecule has 0 aliphatic heterocycles. The molecule has 1 aliphatic carbocycles. The van der Waals surface area contributed by atoms with Crippen molar-refractivity contribution in [2.75, 3.05) is 9.80 Å². The van der Waals surface area contributed by atoms with Gasteiger partial charge in [0.25, 0.3) is 0 Å². The summed E-state index contributed by atoms with van der Waals surface area (Å²) >= 11 is 0. The van der Waals surface area contributed by atoms with Crippen LogP contribution >= 0.6 is 0 Å². The minimum absolute atomic E-state index is 0.277. The summed E-state index contributed by atoms with van der Waals surface area (Å²) in [5.74, 6) is 0. The smallest absolute Gasteiger partial charge is 0.159 e. The highest BCUT2D eigenvalue weighted by molar-refractivity contribution is 6.11. The molecule has 0 saturated carbocycles. The normalized spacial score (nSPS) is 12.8. The highest BCUT2D eigenvalue weighted by Crippen LogP contribution is 2.55. The second-order valence-corrected chi connectivity index (χ2v) is 16.8. The summed E-state index contributed by atoms with van der Waals surface area (Å²) in [7, 11) is 0. The zero-order valence-electron chi connectivity index (χ0n) is 34.5. The van der Waals surface area contributed by atoms with Crippen molar-refractivity contribution in [3.8, 4) is 22.4 Å². The third-order valence-corrected chi connectivity index (χ3v) is 12.8. The highest BCUT2D eigenvalue weighted by atomic mass is 16.3. The first-order valence-corrected chi connectivity index (χ1v) is 21.3.